The Balaban J connectivity index is 0.878. The van der Waals surface area contributed by atoms with Crippen LogP contribution in [0, 0.1) is 46.3 Å². The van der Waals surface area contributed by atoms with Crippen LogP contribution in [-0.2, 0) is 32.1 Å². The van der Waals surface area contributed by atoms with Crippen LogP contribution < -0.4 is 15.4 Å². The van der Waals surface area contributed by atoms with Crippen molar-refractivity contribution in [2.75, 3.05) is 19.8 Å². The second kappa shape index (κ2) is 21.9. The number of likely N-dealkylation sites (tertiary alicyclic amines) is 1. The SMILES string of the molecule is Cc1ncsc1-c1ccc(CNC(=O)[C@@H]2C[C@@H](C)CN2C(=O)[C@@H](NC(=O)COCCCCCCc2ccc(C(=O)CC3C(C)(C)C(Oc4ccc(C#N)c(Cl)c4)C3(C)C)cc2)C(C)(C)C)cc1. The van der Waals surface area contributed by atoms with Crippen molar-refractivity contribution in [1.29, 1.82) is 5.26 Å². The summed E-state index contributed by atoms with van der Waals surface area (Å²) in [5.74, 6) is 0.189. The number of Topliss-reactive ketones (excluding diaryl/α,β-unsaturated/α-hetero) is 1. The van der Waals surface area contributed by atoms with Crippen molar-refractivity contribution in [2.24, 2.45) is 28.1 Å². The van der Waals surface area contributed by atoms with Crippen molar-refractivity contribution in [2.45, 2.75) is 132 Å². The number of nitrogens with zero attached hydrogens (tertiary/aromatic N) is 3. The lowest BCUT2D eigenvalue weighted by Gasteiger charge is -2.63. The lowest BCUT2D eigenvalue weighted by molar-refractivity contribution is -0.196. The highest BCUT2D eigenvalue weighted by Gasteiger charge is 2.63. The average Bonchev–Trinajstić information content (AvgIpc) is 3.91. The molecule has 11 nitrogen and oxygen atoms in total. The molecule has 67 heavy (non-hydrogen) atoms. The van der Waals surface area contributed by atoms with Gasteiger partial charge in [-0.1, -0.05) is 128 Å². The number of aryl methyl sites for hydroxylation is 2. The number of ketones is 1. The van der Waals surface area contributed by atoms with E-state index in [4.69, 9.17) is 21.1 Å². The van der Waals surface area contributed by atoms with Crippen LogP contribution in [-0.4, -0.2) is 71.3 Å². The molecular weight excluding hydrogens is 882 g/mol. The average molecular weight is 951 g/mol. The number of amides is 3. The standard InChI is InChI=1S/C54H68ClN5O6S/c1-34-26-43(49(63)57-30-37-17-21-39(22-18-37)47-35(2)58-33-67-47)60(31-34)50(64)48(52(3,4)5)59-46(62)32-65-25-13-11-10-12-14-36-15-19-38(20-16-36)44(61)28-45-53(6,7)51(54(45,8)9)66-41-24-23-40(29-56)42(55)27-41/h15-24,27,33-34,43,45,48,51H,10-14,25-26,28,30-32H2,1-9H3,(H,57,63)(H,59,62)/t34-,43+,45?,48-,51?/m1/s1. The molecule has 3 aromatic carbocycles. The molecule has 6 rings (SSSR count). The number of rotatable bonds is 20. The fourth-order valence-electron chi connectivity index (χ4n) is 10.2. The van der Waals surface area contributed by atoms with E-state index in [-0.39, 0.29) is 58.9 Å². The Bertz CT molecular complexity index is 2400. The van der Waals surface area contributed by atoms with E-state index < -0.39 is 17.5 Å². The normalized spacial score (nSPS) is 20.0. The molecule has 358 valence electrons. The number of hydrogen-bond acceptors (Lipinski definition) is 9. The maximum Gasteiger partial charge on any atom is 0.246 e. The number of aromatic nitrogens is 1. The molecule has 2 fully saturated rings. The molecule has 0 bridgehead atoms. The van der Waals surface area contributed by atoms with Gasteiger partial charge in [-0.3, -0.25) is 19.2 Å². The molecule has 2 heterocycles. The van der Waals surface area contributed by atoms with Crippen molar-refractivity contribution in [3.63, 3.8) is 0 Å². The lowest BCUT2D eigenvalue weighted by Crippen LogP contribution is -2.66. The smallest absolute Gasteiger partial charge is 0.246 e. The Morgan fingerprint density at radius 2 is 1.63 bits per heavy atom. The highest BCUT2D eigenvalue weighted by Crippen LogP contribution is 2.61. The van der Waals surface area contributed by atoms with E-state index in [0.717, 1.165) is 53.8 Å². The zero-order valence-corrected chi connectivity index (χ0v) is 42.2. The number of nitrogens with one attached hydrogen (secondary N) is 2. The Hall–Kier alpha value is -5.09. The van der Waals surface area contributed by atoms with Gasteiger partial charge in [-0.2, -0.15) is 5.26 Å². The first-order valence-electron chi connectivity index (χ1n) is 23.6. The minimum Gasteiger partial charge on any atom is -0.489 e. The summed E-state index contributed by atoms with van der Waals surface area (Å²) < 4.78 is 12.2. The van der Waals surface area contributed by atoms with Gasteiger partial charge in [0.15, 0.2) is 5.78 Å². The van der Waals surface area contributed by atoms with E-state index in [0.29, 0.717) is 54.4 Å². The third-order valence-corrected chi connectivity index (χ3v) is 15.1. The minimum absolute atomic E-state index is 0.119. The van der Waals surface area contributed by atoms with Crippen LogP contribution in [0.4, 0.5) is 0 Å². The number of ether oxygens (including phenoxy) is 2. The molecule has 1 aromatic heterocycles. The fourth-order valence-corrected chi connectivity index (χ4v) is 11.3. The first-order chi connectivity index (χ1) is 31.7. The van der Waals surface area contributed by atoms with Crippen LogP contribution in [0.25, 0.3) is 10.4 Å². The molecule has 13 heteroatoms. The number of carbonyl (C=O) groups excluding carboxylic acids is 4. The third-order valence-electron chi connectivity index (χ3n) is 13.8. The number of thiazole rings is 1. The van der Waals surface area contributed by atoms with Gasteiger partial charge in [0.25, 0.3) is 0 Å². The number of unbranched alkanes of at least 4 members (excludes halogenated alkanes) is 3. The zero-order chi connectivity index (χ0) is 48.7. The van der Waals surface area contributed by atoms with E-state index in [9.17, 15) is 24.4 Å². The molecular formula is C54H68ClN5O6S. The molecule has 0 unspecified atom stereocenters. The van der Waals surface area contributed by atoms with Crippen LogP contribution in [0.5, 0.6) is 5.75 Å². The van der Waals surface area contributed by atoms with Crippen LogP contribution in [0.15, 0.2) is 72.2 Å². The fraction of sp³-hybridized carbons (Fsp3) is 0.519. The predicted molar refractivity (Wildman–Crippen MR) is 265 cm³/mol. The molecule has 0 spiro atoms. The van der Waals surface area contributed by atoms with E-state index in [2.05, 4.69) is 49.4 Å². The summed E-state index contributed by atoms with van der Waals surface area (Å²) in [5.41, 5.74) is 6.10. The topological polar surface area (TPSA) is 151 Å². The number of benzene rings is 3. The van der Waals surface area contributed by atoms with Crippen molar-refractivity contribution >= 4 is 46.4 Å². The van der Waals surface area contributed by atoms with E-state index in [1.807, 2.05) is 88.7 Å². The van der Waals surface area contributed by atoms with Crippen molar-refractivity contribution in [3.05, 3.63) is 105 Å². The third kappa shape index (κ3) is 12.5. The Labute approximate surface area is 406 Å². The van der Waals surface area contributed by atoms with Gasteiger partial charge >= 0.3 is 0 Å². The Morgan fingerprint density at radius 3 is 2.25 bits per heavy atom. The Kier molecular flexibility index (Phi) is 16.8. The van der Waals surface area contributed by atoms with Crippen molar-refractivity contribution < 1.29 is 28.7 Å². The van der Waals surface area contributed by atoms with Crippen LogP contribution >= 0.6 is 22.9 Å². The summed E-state index contributed by atoms with van der Waals surface area (Å²) in [5, 5.41) is 15.6. The number of halogens is 1. The van der Waals surface area contributed by atoms with Gasteiger partial charge in [-0.15, -0.1) is 11.3 Å². The number of carbonyl (C=O) groups is 4. The molecule has 4 aromatic rings. The van der Waals surface area contributed by atoms with Gasteiger partial charge in [0, 0.05) is 48.6 Å². The lowest BCUT2D eigenvalue weighted by atomic mass is 9.44. The number of nitriles is 1. The first-order valence-corrected chi connectivity index (χ1v) is 24.9. The van der Waals surface area contributed by atoms with Gasteiger partial charge in [0.05, 0.1) is 26.7 Å². The summed E-state index contributed by atoms with van der Waals surface area (Å²) in [6.07, 6.45) is 5.52. The molecule has 3 atom stereocenters. The summed E-state index contributed by atoms with van der Waals surface area (Å²) in [4.78, 5) is 61.4. The molecule has 1 aliphatic heterocycles. The van der Waals surface area contributed by atoms with Crippen LogP contribution in [0.1, 0.15) is 127 Å². The van der Waals surface area contributed by atoms with Gasteiger partial charge in [-0.05, 0) is 78.7 Å². The summed E-state index contributed by atoms with van der Waals surface area (Å²) in [6.45, 7) is 19.4. The second-order valence-electron chi connectivity index (χ2n) is 20.9. The summed E-state index contributed by atoms with van der Waals surface area (Å²) in [7, 11) is 0. The van der Waals surface area contributed by atoms with Gasteiger partial charge in [0.2, 0.25) is 17.7 Å². The molecule has 3 amide bonds. The van der Waals surface area contributed by atoms with Gasteiger partial charge in [0.1, 0.15) is 36.6 Å². The second-order valence-corrected chi connectivity index (χ2v) is 22.1. The zero-order valence-electron chi connectivity index (χ0n) is 40.7. The maximum atomic E-state index is 14.1. The largest absolute Gasteiger partial charge is 0.489 e. The quantitative estimate of drug-likeness (QED) is 0.0657. The van der Waals surface area contributed by atoms with Crippen molar-refractivity contribution in [3.8, 4) is 22.3 Å². The number of hydrogen-bond donors (Lipinski definition) is 2. The molecule has 2 aliphatic rings. The summed E-state index contributed by atoms with van der Waals surface area (Å²) >= 11 is 7.86. The first kappa shape index (κ1) is 51.3. The highest BCUT2D eigenvalue weighted by atomic mass is 35.5. The summed E-state index contributed by atoms with van der Waals surface area (Å²) in [6, 6.07) is 21.8. The van der Waals surface area contributed by atoms with Gasteiger partial charge < -0.3 is 25.0 Å². The Morgan fingerprint density at radius 1 is 0.955 bits per heavy atom. The van der Waals surface area contributed by atoms with Crippen LogP contribution in [0.2, 0.25) is 5.02 Å². The predicted octanol–water partition coefficient (Wildman–Crippen LogP) is 10.5. The molecule has 1 saturated carbocycles. The van der Waals surface area contributed by atoms with E-state index in [1.54, 1.807) is 34.4 Å². The molecule has 2 N–H and O–H groups in total. The molecule has 1 aliphatic carbocycles. The van der Waals surface area contributed by atoms with E-state index in [1.165, 1.54) is 5.56 Å². The highest BCUT2D eigenvalue weighted by molar-refractivity contribution is 7.13. The van der Waals surface area contributed by atoms with Gasteiger partial charge in [-0.25, -0.2) is 4.98 Å². The monoisotopic (exact) mass is 949 g/mol. The minimum atomic E-state index is -0.822. The van der Waals surface area contributed by atoms with E-state index >= 15 is 0 Å². The van der Waals surface area contributed by atoms with Crippen molar-refractivity contribution in [1.82, 2.24) is 20.5 Å². The maximum absolute atomic E-state index is 14.1. The molecule has 1 saturated heterocycles. The molecule has 0 radical (unpaired) electrons. The van der Waals surface area contributed by atoms with Crippen LogP contribution in [0.3, 0.4) is 0 Å².